The van der Waals surface area contributed by atoms with E-state index in [9.17, 15) is 18.4 Å². The maximum atomic E-state index is 12.9. The number of thioether (sulfide) groups is 2. The maximum Gasteiger partial charge on any atom is 0.288 e. The monoisotopic (exact) mass is 449 g/mol. The summed E-state index contributed by atoms with van der Waals surface area (Å²) in [7, 11) is 0. The molecule has 0 bridgehead atoms. The summed E-state index contributed by atoms with van der Waals surface area (Å²) in [5, 5.41) is 2.73. The Labute approximate surface area is 182 Å². The summed E-state index contributed by atoms with van der Waals surface area (Å²) in [6.07, 6.45) is 0.0323. The first-order valence-electron chi connectivity index (χ1n) is 9.31. The molecule has 2 aromatic rings. The van der Waals surface area contributed by atoms with Gasteiger partial charge in [-0.05, 0) is 50.2 Å². The van der Waals surface area contributed by atoms with Crippen molar-refractivity contribution in [2.24, 2.45) is 4.99 Å². The number of rotatable bonds is 7. The number of aliphatic imine (C=N–C) groups is 1. The minimum absolute atomic E-state index is 0.0323. The third kappa shape index (κ3) is 5.82. The van der Waals surface area contributed by atoms with E-state index in [0.29, 0.717) is 33.2 Å². The molecule has 0 radical (unpaired) electrons. The molecule has 1 unspecified atom stereocenters. The van der Waals surface area contributed by atoms with Gasteiger partial charge in [0.1, 0.15) is 5.25 Å². The van der Waals surface area contributed by atoms with Gasteiger partial charge in [-0.1, -0.05) is 41.7 Å². The van der Waals surface area contributed by atoms with Crippen LogP contribution in [0.25, 0.3) is 0 Å². The number of amidine groups is 1. The molecule has 1 aliphatic heterocycles. The summed E-state index contributed by atoms with van der Waals surface area (Å²) >= 11 is 1.71. The molecule has 9 heteroatoms. The van der Waals surface area contributed by atoms with Crippen molar-refractivity contribution in [3.8, 4) is 0 Å². The fraction of sp³-hybridized carbons (Fsp3) is 0.286. The molecule has 30 heavy (non-hydrogen) atoms. The van der Waals surface area contributed by atoms with Gasteiger partial charge >= 0.3 is 0 Å². The van der Waals surface area contributed by atoms with Crippen LogP contribution in [0.15, 0.2) is 64.5 Å². The average Bonchev–Trinajstić information content (AvgIpc) is 2.98. The zero-order valence-corrected chi connectivity index (χ0v) is 18.1. The van der Waals surface area contributed by atoms with Gasteiger partial charge in [0.05, 0.1) is 5.69 Å². The average molecular weight is 450 g/mol. The Morgan fingerprint density at radius 2 is 1.83 bits per heavy atom. The van der Waals surface area contributed by atoms with Crippen molar-refractivity contribution in [3.63, 3.8) is 0 Å². The van der Waals surface area contributed by atoms with Crippen LogP contribution < -0.4 is 5.32 Å². The summed E-state index contributed by atoms with van der Waals surface area (Å²) in [5.41, 5.74) is 1.23. The number of para-hydroxylation sites is 1. The summed E-state index contributed by atoms with van der Waals surface area (Å²) in [6.45, 7) is 3.76. The van der Waals surface area contributed by atoms with Crippen LogP contribution in [0, 0.1) is 0 Å². The lowest BCUT2D eigenvalue weighted by molar-refractivity contribution is -0.129. The first-order valence-corrected chi connectivity index (χ1v) is 11.1. The first-order chi connectivity index (χ1) is 14.3. The molecule has 2 amide bonds. The Morgan fingerprint density at radius 3 is 2.43 bits per heavy atom. The molecule has 5 nitrogen and oxygen atoms in total. The van der Waals surface area contributed by atoms with E-state index in [1.165, 1.54) is 11.8 Å². The van der Waals surface area contributed by atoms with E-state index in [1.54, 1.807) is 41.3 Å². The summed E-state index contributed by atoms with van der Waals surface area (Å²) in [4.78, 5) is 31.8. The minimum atomic E-state index is -2.48. The van der Waals surface area contributed by atoms with Crippen LogP contribution in [0.4, 0.5) is 20.2 Å². The third-order valence-electron chi connectivity index (χ3n) is 4.20. The van der Waals surface area contributed by atoms with Crippen LogP contribution in [-0.2, 0) is 9.59 Å². The van der Waals surface area contributed by atoms with Gasteiger partial charge in [-0.25, -0.2) is 4.99 Å². The second kappa shape index (κ2) is 10.1. The van der Waals surface area contributed by atoms with E-state index in [2.05, 4.69) is 10.3 Å². The molecule has 0 aliphatic carbocycles. The number of hydrogen-bond acceptors (Lipinski definition) is 5. The van der Waals surface area contributed by atoms with Crippen LogP contribution >= 0.6 is 23.5 Å². The normalized spacial score (nSPS) is 17.9. The predicted octanol–water partition coefficient (Wildman–Crippen LogP) is 5.37. The number of nitrogens with zero attached hydrogens (tertiary/aromatic N) is 2. The predicted molar refractivity (Wildman–Crippen MR) is 118 cm³/mol. The van der Waals surface area contributed by atoms with Crippen LogP contribution in [0.5, 0.6) is 0 Å². The van der Waals surface area contributed by atoms with Crippen LogP contribution in [-0.4, -0.2) is 38.9 Å². The van der Waals surface area contributed by atoms with E-state index in [-0.39, 0.29) is 24.3 Å². The number of benzene rings is 2. The van der Waals surface area contributed by atoms with E-state index < -0.39 is 11.0 Å². The second-order valence-corrected chi connectivity index (χ2v) is 9.03. The third-order valence-corrected chi connectivity index (χ3v) is 6.07. The van der Waals surface area contributed by atoms with E-state index >= 15 is 0 Å². The van der Waals surface area contributed by atoms with Crippen LogP contribution in [0.2, 0.25) is 0 Å². The fourth-order valence-electron chi connectivity index (χ4n) is 2.88. The number of hydrogen-bond donors (Lipinski definition) is 1. The number of carbonyl (C=O) groups is 2. The summed E-state index contributed by atoms with van der Waals surface area (Å²) < 4.78 is 24.9. The van der Waals surface area contributed by atoms with Crippen molar-refractivity contribution < 1.29 is 18.4 Å². The molecule has 1 fully saturated rings. The Balaban J connectivity index is 1.72. The molecule has 0 spiro atoms. The number of amides is 2. The van der Waals surface area contributed by atoms with Gasteiger partial charge in [0, 0.05) is 23.0 Å². The number of carbonyl (C=O) groups excluding carboxylic acids is 2. The van der Waals surface area contributed by atoms with Crippen molar-refractivity contribution in [2.45, 2.75) is 42.2 Å². The molecule has 0 aromatic heterocycles. The Bertz CT molecular complexity index is 922. The molecule has 1 atom stereocenters. The molecule has 3 rings (SSSR count). The highest BCUT2D eigenvalue weighted by molar-refractivity contribution is 8.15. The standard InChI is InChI=1S/C21H21F2N3O2S2/c1-13(2)26-19(28)17(12-18(27)24-14-6-4-3-5-7-14)30-21(26)25-15-8-10-16(11-9-15)29-20(22)23/h3-11,13,17,20H,12H2,1-2H3,(H,24,27). The van der Waals surface area contributed by atoms with Crippen molar-refractivity contribution >= 4 is 51.9 Å². The van der Waals surface area contributed by atoms with Crippen molar-refractivity contribution in [2.75, 3.05) is 5.32 Å². The zero-order chi connectivity index (χ0) is 21.7. The molecule has 1 aliphatic rings. The highest BCUT2D eigenvalue weighted by Gasteiger charge is 2.40. The lowest BCUT2D eigenvalue weighted by atomic mass is 10.2. The van der Waals surface area contributed by atoms with Gasteiger partial charge in [0.2, 0.25) is 11.8 Å². The largest absolute Gasteiger partial charge is 0.326 e. The van der Waals surface area contributed by atoms with Gasteiger partial charge < -0.3 is 5.32 Å². The van der Waals surface area contributed by atoms with Gasteiger partial charge in [-0.15, -0.1) is 0 Å². The molecular weight excluding hydrogens is 428 g/mol. The quantitative estimate of drug-likeness (QED) is 0.578. The van der Waals surface area contributed by atoms with Gasteiger partial charge in [-0.2, -0.15) is 8.78 Å². The highest BCUT2D eigenvalue weighted by Crippen LogP contribution is 2.34. The molecule has 2 aromatic carbocycles. The van der Waals surface area contributed by atoms with Gasteiger partial charge in [-0.3, -0.25) is 14.5 Å². The van der Waals surface area contributed by atoms with Crippen molar-refractivity contribution in [3.05, 3.63) is 54.6 Å². The van der Waals surface area contributed by atoms with E-state index in [1.807, 2.05) is 32.0 Å². The summed E-state index contributed by atoms with van der Waals surface area (Å²) in [5.74, 6) is -2.89. The molecule has 158 valence electrons. The van der Waals surface area contributed by atoms with E-state index in [0.717, 1.165) is 0 Å². The molecule has 1 heterocycles. The number of halogens is 2. The molecule has 1 N–H and O–H groups in total. The molecule has 0 saturated carbocycles. The fourth-order valence-corrected chi connectivity index (χ4v) is 4.66. The molecular formula is C21H21F2N3O2S2. The summed E-state index contributed by atoms with van der Waals surface area (Å²) in [6, 6.07) is 15.4. The van der Waals surface area contributed by atoms with Crippen LogP contribution in [0.1, 0.15) is 20.3 Å². The van der Waals surface area contributed by atoms with Gasteiger partial charge in [0.15, 0.2) is 5.17 Å². The first kappa shape index (κ1) is 22.3. The lowest BCUT2D eigenvalue weighted by Gasteiger charge is -2.20. The van der Waals surface area contributed by atoms with Crippen molar-refractivity contribution in [1.82, 2.24) is 4.90 Å². The lowest BCUT2D eigenvalue weighted by Crippen LogP contribution is -2.38. The Morgan fingerprint density at radius 1 is 1.17 bits per heavy atom. The second-order valence-electron chi connectivity index (χ2n) is 6.79. The number of anilines is 1. The van der Waals surface area contributed by atoms with Gasteiger partial charge in [0.25, 0.3) is 5.76 Å². The van der Waals surface area contributed by atoms with Crippen molar-refractivity contribution in [1.29, 1.82) is 0 Å². The zero-order valence-electron chi connectivity index (χ0n) is 16.4. The number of alkyl halides is 2. The molecule has 1 saturated heterocycles. The SMILES string of the molecule is CC(C)N1C(=O)C(CC(=O)Nc2ccccc2)SC1=Nc1ccc(SC(F)F)cc1. The van der Waals surface area contributed by atoms with Crippen LogP contribution in [0.3, 0.4) is 0 Å². The topological polar surface area (TPSA) is 61.8 Å². The maximum absolute atomic E-state index is 12.9. The Kier molecular flexibility index (Phi) is 7.49. The van der Waals surface area contributed by atoms with E-state index in [4.69, 9.17) is 0 Å². The minimum Gasteiger partial charge on any atom is -0.326 e. The smallest absolute Gasteiger partial charge is 0.288 e. The Hall–Kier alpha value is -2.39. The highest BCUT2D eigenvalue weighted by atomic mass is 32.2. The number of nitrogens with one attached hydrogen (secondary N) is 1.